The minimum atomic E-state index is -0.837. The largest absolute Gasteiger partial charge is 0.462 e. The number of esters is 3. The molecule has 67 heavy (non-hydrogen) atoms. The molecule has 0 aliphatic heterocycles. The molecule has 0 amide bonds. The van der Waals surface area contributed by atoms with Gasteiger partial charge in [-0.3, -0.25) is 14.4 Å². The zero-order chi connectivity index (χ0) is 48.6. The molecule has 0 fully saturated rings. The van der Waals surface area contributed by atoms with Gasteiger partial charge in [0.05, 0.1) is 6.42 Å². The molecule has 1 unspecified atom stereocenters. The zero-order valence-electron chi connectivity index (χ0n) is 43.6. The lowest BCUT2D eigenvalue weighted by Crippen LogP contribution is -2.30. The fraction of sp³-hybridized carbons (Fsp3) is 0.689. The van der Waals surface area contributed by atoms with Crippen molar-refractivity contribution in [2.75, 3.05) is 13.2 Å². The predicted octanol–water partition coefficient (Wildman–Crippen LogP) is 18.5. The lowest BCUT2D eigenvalue weighted by Gasteiger charge is -2.18. The molecule has 0 saturated heterocycles. The van der Waals surface area contributed by atoms with Gasteiger partial charge in [0.1, 0.15) is 13.2 Å². The van der Waals surface area contributed by atoms with E-state index < -0.39 is 12.1 Å². The molecule has 382 valence electrons. The van der Waals surface area contributed by atoms with Crippen LogP contribution < -0.4 is 0 Å². The lowest BCUT2D eigenvalue weighted by molar-refractivity contribution is -0.166. The first-order valence-electron chi connectivity index (χ1n) is 27.7. The van der Waals surface area contributed by atoms with Gasteiger partial charge in [0.15, 0.2) is 6.10 Å². The molecule has 0 aromatic carbocycles. The second kappa shape index (κ2) is 54.9. The van der Waals surface area contributed by atoms with Gasteiger partial charge in [0.25, 0.3) is 0 Å². The molecule has 0 aromatic rings. The highest BCUT2D eigenvalue weighted by Crippen LogP contribution is 2.14. The Balaban J connectivity index is 4.49. The third-order valence-corrected chi connectivity index (χ3v) is 11.6. The molecular formula is C61H102O6. The number of unbranched alkanes of at least 4 members (excludes halogenated alkanes) is 23. The summed E-state index contributed by atoms with van der Waals surface area (Å²) in [6.45, 7) is 6.40. The summed E-state index contributed by atoms with van der Waals surface area (Å²) in [5.74, 6) is -1.06. The Morgan fingerprint density at radius 3 is 1.03 bits per heavy atom. The van der Waals surface area contributed by atoms with Crippen molar-refractivity contribution in [1.29, 1.82) is 0 Å². The van der Waals surface area contributed by atoms with Crippen LogP contribution in [0.15, 0.2) is 97.2 Å². The van der Waals surface area contributed by atoms with Crippen LogP contribution in [-0.2, 0) is 28.6 Å². The van der Waals surface area contributed by atoms with E-state index in [-0.39, 0.29) is 31.6 Å². The predicted molar refractivity (Wildman–Crippen MR) is 288 cm³/mol. The SMILES string of the molecule is CC/C=C\C/C=C\C/C=C\C/C=C\C/C=C\CC(=O)OC(COC(=O)CCCCCCC/C=C\CCCCCCCC)COC(=O)CCCCCCCCCCC/C=C\C/C=C\CCCCC. The van der Waals surface area contributed by atoms with E-state index in [9.17, 15) is 14.4 Å². The Bertz CT molecular complexity index is 1350. The molecule has 0 radical (unpaired) electrons. The lowest BCUT2D eigenvalue weighted by atomic mass is 10.1. The second-order valence-corrected chi connectivity index (χ2v) is 18.1. The van der Waals surface area contributed by atoms with Crippen molar-refractivity contribution in [2.24, 2.45) is 0 Å². The molecule has 6 heteroatoms. The highest BCUT2D eigenvalue weighted by molar-refractivity contribution is 5.72. The minimum absolute atomic E-state index is 0.0928. The highest BCUT2D eigenvalue weighted by atomic mass is 16.6. The van der Waals surface area contributed by atoms with Crippen molar-refractivity contribution in [2.45, 2.75) is 258 Å². The number of carbonyl (C=O) groups excluding carboxylic acids is 3. The summed E-state index contributed by atoms with van der Waals surface area (Å²) >= 11 is 0. The van der Waals surface area contributed by atoms with Gasteiger partial charge >= 0.3 is 17.9 Å². The molecule has 0 rings (SSSR count). The molecule has 0 aromatic heterocycles. The minimum Gasteiger partial charge on any atom is -0.462 e. The Hall–Kier alpha value is -3.67. The van der Waals surface area contributed by atoms with Crippen LogP contribution in [0.3, 0.4) is 0 Å². The van der Waals surface area contributed by atoms with Crippen LogP contribution in [-0.4, -0.2) is 37.2 Å². The maximum Gasteiger partial charge on any atom is 0.310 e. The van der Waals surface area contributed by atoms with Gasteiger partial charge < -0.3 is 14.2 Å². The van der Waals surface area contributed by atoms with E-state index >= 15 is 0 Å². The number of allylic oxidation sites excluding steroid dienone is 15. The van der Waals surface area contributed by atoms with E-state index in [1.165, 1.54) is 122 Å². The first-order chi connectivity index (χ1) is 33.0. The topological polar surface area (TPSA) is 78.9 Å². The van der Waals surface area contributed by atoms with E-state index in [4.69, 9.17) is 14.2 Å². The molecule has 0 heterocycles. The Morgan fingerprint density at radius 1 is 0.328 bits per heavy atom. The summed E-state index contributed by atoms with van der Waals surface area (Å²) in [5, 5.41) is 0. The molecule has 1 atom stereocenters. The summed E-state index contributed by atoms with van der Waals surface area (Å²) in [5.41, 5.74) is 0. The molecule has 0 bridgehead atoms. The Labute approximate surface area is 413 Å². The molecular weight excluding hydrogens is 829 g/mol. The summed E-state index contributed by atoms with van der Waals surface area (Å²) in [6.07, 6.45) is 72.7. The van der Waals surface area contributed by atoms with Crippen molar-refractivity contribution in [3.8, 4) is 0 Å². The van der Waals surface area contributed by atoms with Crippen LogP contribution in [0.4, 0.5) is 0 Å². The van der Waals surface area contributed by atoms with E-state index in [2.05, 4.69) is 106 Å². The molecule has 6 nitrogen and oxygen atoms in total. The quantitative estimate of drug-likeness (QED) is 0.0262. The van der Waals surface area contributed by atoms with Gasteiger partial charge in [-0.2, -0.15) is 0 Å². The van der Waals surface area contributed by atoms with Gasteiger partial charge in [-0.05, 0) is 103 Å². The third kappa shape index (κ3) is 53.2. The summed E-state index contributed by atoms with van der Waals surface area (Å²) < 4.78 is 16.7. The van der Waals surface area contributed by atoms with Crippen molar-refractivity contribution < 1.29 is 28.6 Å². The molecule has 0 saturated carbocycles. The van der Waals surface area contributed by atoms with Crippen LogP contribution in [0, 0.1) is 0 Å². The average Bonchev–Trinajstić information content (AvgIpc) is 3.33. The van der Waals surface area contributed by atoms with Crippen molar-refractivity contribution >= 4 is 17.9 Å². The van der Waals surface area contributed by atoms with Crippen LogP contribution in [0.5, 0.6) is 0 Å². The molecule has 0 aliphatic rings. The van der Waals surface area contributed by atoms with E-state index in [1.54, 1.807) is 6.08 Å². The monoisotopic (exact) mass is 931 g/mol. The van der Waals surface area contributed by atoms with E-state index in [0.717, 1.165) is 89.9 Å². The van der Waals surface area contributed by atoms with Crippen LogP contribution in [0.2, 0.25) is 0 Å². The number of hydrogen-bond acceptors (Lipinski definition) is 6. The van der Waals surface area contributed by atoms with Crippen LogP contribution in [0.25, 0.3) is 0 Å². The average molecular weight is 931 g/mol. The highest BCUT2D eigenvalue weighted by Gasteiger charge is 2.19. The number of hydrogen-bond donors (Lipinski definition) is 0. The number of ether oxygens (including phenoxy) is 3. The maximum absolute atomic E-state index is 12.8. The molecule has 0 spiro atoms. The number of rotatable bonds is 49. The Kier molecular flexibility index (Phi) is 51.9. The first-order valence-corrected chi connectivity index (χ1v) is 27.7. The van der Waals surface area contributed by atoms with Gasteiger partial charge in [0.2, 0.25) is 0 Å². The van der Waals surface area contributed by atoms with Crippen molar-refractivity contribution in [3.05, 3.63) is 97.2 Å². The Morgan fingerprint density at radius 2 is 0.627 bits per heavy atom. The van der Waals surface area contributed by atoms with Crippen molar-refractivity contribution in [1.82, 2.24) is 0 Å². The normalized spacial score (nSPS) is 12.8. The fourth-order valence-electron chi connectivity index (χ4n) is 7.42. The summed E-state index contributed by atoms with van der Waals surface area (Å²) in [7, 11) is 0. The summed E-state index contributed by atoms with van der Waals surface area (Å²) in [4.78, 5) is 38.0. The molecule has 0 N–H and O–H groups in total. The van der Waals surface area contributed by atoms with Gasteiger partial charge in [-0.25, -0.2) is 0 Å². The summed E-state index contributed by atoms with van der Waals surface area (Å²) in [6, 6.07) is 0. The van der Waals surface area contributed by atoms with E-state index in [0.29, 0.717) is 12.8 Å². The van der Waals surface area contributed by atoms with Crippen molar-refractivity contribution in [3.63, 3.8) is 0 Å². The van der Waals surface area contributed by atoms with E-state index in [1.807, 2.05) is 6.08 Å². The first kappa shape index (κ1) is 63.3. The molecule has 0 aliphatic carbocycles. The fourth-order valence-corrected chi connectivity index (χ4v) is 7.42. The van der Waals surface area contributed by atoms with Gasteiger partial charge in [-0.15, -0.1) is 0 Å². The van der Waals surface area contributed by atoms with Crippen LogP contribution in [0.1, 0.15) is 252 Å². The standard InChI is InChI=1S/C61H102O6/c1-4-7-10-13-16-19-22-25-28-29-30-31-34-36-39-42-45-48-51-54-60(63)66-57-58(67-61(64)55-52-49-46-43-40-37-33-27-24-21-18-15-12-9-6-3)56-65-59(62)53-50-47-44-41-38-35-32-26-23-20-17-14-11-8-5-2/h9,12,16,18-19,21,25-28,32-33,40,43,49,52,58H,4-8,10-11,13-15,17,20,22-24,29-31,34-39,41-42,44-48,50-51,53-57H2,1-3H3/b12-9-,19-16-,21-18-,28-25-,32-26-,33-27-,43-40-,52-49-. The third-order valence-electron chi connectivity index (χ3n) is 11.6. The smallest absolute Gasteiger partial charge is 0.310 e. The second-order valence-electron chi connectivity index (χ2n) is 18.1. The van der Waals surface area contributed by atoms with Gasteiger partial charge in [0, 0.05) is 12.8 Å². The maximum atomic E-state index is 12.8. The zero-order valence-corrected chi connectivity index (χ0v) is 43.6. The van der Waals surface area contributed by atoms with Crippen LogP contribution >= 0.6 is 0 Å². The number of carbonyl (C=O) groups is 3. The van der Waals surface area contributed by atoms with Gasteiger partial charge in [-0.1, -0.05) is 227 Å².